The first-order valence-electron chi connectivity index (χ1n) is 16.5. The van der Waals surface area contributed by atoms with Crippen LogP contribution in [0.5, 0.6) is 0 Å². The summed E-state index contributed by atoms with van der Waals surface area (Å²) in [5, 5.41) is 0.141. The molecule has 1 N–H and O–H groups in total. The fourth-order valence-electron chi connectivity index (χ4n) is 6.02. The zero-order valence-corrected chi connectivity index (χ0v) is 29.2. The Kier molecular flexibility index (Phi) is 11.7. The van der Waals surface area contributed by atoms with E-state index in [-0.39, 0.29) is 34.7 Å². The van der Waals surface area contributed by atoms with Crippen molar-refractivity contribution in [1.29, 1.82) is 0 Å². The van der Waals surface area contributed by atoms with Crippen molar-refractivity contribution >= 4 is 45.2 Å². The number of fused-ring (bicyclic) bond motifs is 1. The summed E-state index contributed by atoms with van der Waals surface area (Å²) in [7, 11) is -4.26. The van der Waals surface area contributed by atoms with E-state index in [1.54, 1.807) is 59.2 Å². The lowest BCUT2D eigenvalue weighted by molar-refractivity contribution is -0.144. The number of nitrogens with zero attached hydrogens (tertiary/aromatic N) is 2. The van der Waals surface area contributed by atoms with Gasteiger partial charge in [0.15, 0.2) is 0 Å². The van der Waals surface area contributed by atoms with Gasteiger partial charge in [-0.1, -0.05) is 104 Å². The Morgan fingerprint density at radius 2 is 1.59 bits per heavy atom. The number of anilines is 1. The number of unbranched alkanes of at least 4 members (excludes halogenated alkanes) is 2. The summed E-state index contributed by atoms with van der Waals surface area (Å²) in [6.07, 6.45) is 3.86. The lowest BCUT2D eigenvalue weighted by Crippen LogP contribution is -2.54. The molecule has 1 aliphatic rings. The Hall–Kier alpha value is -4.67. The van der Waals surface area contributed by atoms with Crippen molar-refractivity contribution < 1.29 is 27.5 Å². The van der Waals surface area contributed by atoms with Gasteiger partial charge in [-0.2, -0.15) is 0 Å². The molecule has 0 aromatic heterocycles. The molecule has 5 rings (SSSR count). The van der Waals surface area contributed by atoms with Crippen molar-refractivity contribution in [3.05, 3.63) is 119 Å². The zero-order valence-electron chi connectivity index (χ0n) is 27.6. The first-order valence-corrected chi connectivity index (χ1v) is 18.3. The van der Waals surface area contributed by atoms with Gasteiger partial charge in [-0.3, -0.25) is 9.69 Å². The van der Waals surface area contributed by atoms with Crippen molar-refractivity contribution in [2.75, 3.05) is 18.1 Å². The minimum absolute atomic E-state index is 0.0502. The number of nitrogens with one attached hydrogen (secondary N) is 1. The molecule has 0 radical (unpaired) electrons. The van der Waals surface area contributed by atoms with Crippen LogP contribution in [0.25, 0.3) is 11.1 Å². The van der Waals surface area contributed by atoms with E-state index in [1.165, 1.54) is 18.2 Å². The first-order chi connectivity index (χ1) is 23.6. The third kappa shape index (κ3) is 8.32. The first kappa shape index (κ1) is 35.6. The number of urea groups is 1. The third-order valence-electron chi connectivity index (χ3n) is 8.48. The molecule has 9 nitrogen and oxygen atoms in total. The molecule has 11 heteroatoms. The van der Waals surface area contributed by atoms with Crippen LogP contribution in [0.2, 0.25) is 5.02 Å². The van der Waals surface area contributed by atoms with E-state index in [4.69, 9.17) is 16.3 Å². The van der Waals surface area contributed by atoms with Gasteiger partial charge in [0.2, 0.25) is 0 Å². The third-order valence-corrected chi connectivity index (χ3v) is 10.2. The van der Waals surface area contributed by atoms with Gasteiger partial charge in [0.05, 0.1) is 22.1 Å². The van der Waals surface area contributed by atoms with Gasteiger partial charge in [0.25, 0.3) is 15.9 Å². The predicted molar refractivity (Wildman–Crippen MR) is 191 cm³/mol. The van der Waals surface area contributed by atoms with Crippen LogP contribution in [-0.2, 0) is 32.5 Å². The van der Waals surface area contributed by atoms with E-state index in [2.05, 4.69) is 11.6 Å². The summed E-state index contributed by atoms with van der Waals surface area (Å²) < 4.78 is 34.4. The fraction of sp³-hybridized carbons (Fsp3) is 0.289. The number of amides is 3. The van der Waals surface area contributed by atoms with Crippen LogP contribution in [0.4, 0.5) is 10.5 Å². The quantitative estimate of drug-likeness (QED) is 0.120. The molecule has 0 fully saturated rings. The Morgan fingerprint density at radius 3 is 2.33 bits per heavy atom. The Labute approximate surface area is 292 Å². The molecule has 0 spiro atoms. The Balaban J connectivity index is 1.41. The fourth-order valence-corrected chi connectivity index (χ4v) is 7.44. The highest BCUT2D eigenvalue weighted by atomic mass is 35.5. The molecule has 0 saturated carbocycles. The van der Waals surface area contributed by atoms with Gasteiger partial charge in [0.1, 0.15) is 6.04 Å². The standard InChI is InChI=1S/C38H40ClN3O6S/c1-3-5-12-25-41(38(45)42-33-17-10-6-13-29(33)23-24-34(42)37(44)48-4-2)26-27-19-21-28(22-20-27)30-14-8-11-18-35(30)49(46,47)40-36(43)31-15-7-9-16-32(31)39/h6-11,13-22,34H,3-5,12,23-26H2,1-2H3,(H,40,43). The molecule has 3 amide bonds. The number of aryl methyl sites for hydroxylation is 1. The molecular formula is C38H40ClN3O6S. The van der Waals surface area contributed by atoms with Gasteiger partial charge >= 0.3 is 12.0 Å². The van der Waals surface area contributed by atoms with Crippen LogP contribution in [0.1, 0.15) is 61.0 Å². The maximum Gasteiger partial charge on any atom is 0.329 e. The Morgan fingerprint density at radius 1 is 0.898 bits per heavy atom. The zero-order chi connectivity index (χ0) is 35.0. The summed E-state index contributed by atoms with van der Waals surface area (Å²) in [6, 6.07) is 26.6. The topological polar surface area (TPSA) is 113 Å². The van der Waals surface area contributed by atoms with Crippen LogP contribution in [0, 0.1) is 0 Å². The minimum atomic E-state index is -4.26. The SMILES string of the molecule is CCCCCN(Cc1ccc(-c2ccccc2S(=O)(=O)NC(=O)c2ccccc2Cl)cc1)C(=O)N1c2ccccc2CCC1C(=O)OCC. The van der Waals surface area contributed by atoms with Crippen LogP contribution in [-0.4, -0.2) is 50.4 Å². The number of benzene rings is 4. The summed E-state index contributed by atoms with van der Waals surface area (Å²) in [5.74, 6) is -1.25. The molecule has 1 unspecified atom stereocenters. The van der Waals surface area contributed by atoms with Crippen molar-refractivity contribution in [3.8, 4) is 11.1 Å². The molecule has 0 bridgehead atoms. The van der Waals surface area contributed by atoms with Crippen molar-refractivity contribution in [3.63, 3.8) is 0 Å². The molecule has 0 aliphatic carbocycles. The molecule has 0 saturated heterocycles. The van der Waals surface area contributed by atoms with E-state index in [0.717, 1.165) is 30.4 Å². The lowest BCUT2D eigenvalue weighted by atomic mass is 9.96. The van der Waals surface area contributed by atoms with Crippen LogP contribution < -0.4 is 9.62 Å². The molecule has 4 aromatic carbocycles. The highest BCUT2D eigenvalue weighted by Crippen LogP contribution is 2.33. The van der Waals surface area contributed by atoms with Crippen molar-refractivity contribution in [2.24, 2.45) is 0 Å². The normalized spacial score (nSPS) is 14.1. The smallest absolute Gasteiger partial charge is 0.329 e. The molecule has 256 valence electrons. The van der Waals surface area contributed by atoms with Gasteiger partial charge in [-0.05, 0) is 67.1 Å². The number of ether oxygens (including phenoxy) is 1. The monoisotopic (exact) mass is 701 g/mol. The van der Waals surface area contributed by atoms with Gasteiger partial charge in [-0.15, -0.1) is 0 Å². The van der Waals surface area contributed by atoms with Crippen LogP contribution in [0.15, 0.2) is 102 Å². The number of para-hydroxylation sites is 1. The second kappa shape index (κ2) is 16.2. The molecule has 1 aliphatic heterocycles. The van der Waals surface area contributed by atoms with E-state index >= 15 is 0 Å². The lowest BCUT2D eigenvalue weighted by Gasteiger charge is -2.39. The summed E-state index contributed by atoms with van der Waals surface area (Å²) in [4.78, 5) is 43.6. The largest absolute Gasteiger partial charge is 0.464 e. The maximum atomic E-state index is 14.4. The summed E-state index contributed by atoms with van der Waals surface area (Å²) >= 11 is 6.12. The Bertz CT molecular complexity index is 1910. The number of carbonyl (C=O) groups excluding carboxylic acids is 3. The highest BCUT2D eigenvalue weighted by Gasteiger charge is 2.38. The van der Waals surface area contributed by atoms with Crippen molar-refractivity contribution in [1.82, 2.24) is 9.62 Å². The number of halogens is 1. The van der Waals surface area contributed by atoms with Crippen LogP contribution in [0.3, 0.4) is 0 Å². The second-order valence-electron chi connectivity index (χ2n) is 11.8. The minimum Gasteiger partial charge on any atom is -0.464 e. The molecule has 1 heterocycles. The molecule has 49 heavy (non-hydrogen) atoms. The van der Waals surface area contributed by atoms with Gasteiger partial charge in [0, 0.05) is 24.3 Å². The number of carbonyl (C=O) groups is 3. The summed E-state index contributed by atoms with van der Waals surface area (Å²) in [6.45, 7) is 4.86. The molecular weight excluding hydrogens is 662 g/mol. The number of sulfonamides is 1. The van der Waals surface area contributed by atoms with E-state index in [9.17, 15) is 22.8 Å². The summed E-state index contributed by atoms with van der Waals surface area (Å²) in [5.41, 5.74) is 3.63. The van der Waals surface area contributed by atoms with E-state index in [1.807, 2.05) is 36.4 Å². The van der Waals surface area contributed by atoms with Crippen molar-refractivity contribution in [2.45, 2.75) is 63.4 Å². The number of esters is 1. The average Bonchev–Trinajstić information content (AvgIpc) is 3.11. The second-order valence-corrected chi connectivity index (χ2v) is 13.9. The van der Waals surface area contributed by atoms with Gasteiger partial charge in [-0.25, -0.2) is 22.7 Å². The highest BCUT2D eigenvalue weighted by molar-refractivity contribution is 7.90. The predicted octanol–water partition coefficient (Wildman–Crippen LogP) is 7.62. The number of hydrogen-bond donors (Lipinski definition) is 1. The van der Waals surface area contributed by atoms with E-state index < -0.39 is 27.9 Å². The number of rotatable bonds is 12. The number of hydrogen-bond acceptors (Lipinski definition) is 6. The maximum absolute atomic E-state index is 14.4. The van der Waals surface area contributed by atoms with E-state index in [0.29, 0.717) is 36.2 Å². The average molecular weight is 702 g/mol. The molecule has 1 atom stereocenters. The van der Waals surface area contributed by atoms with Gasteiger partial charge < -0.3 is 9.64 Å². The van der Waals surface area contributed by atoms with Crippen LogP contribution >= 0.6 is 11.6 Å². The molecule has 4 aromatic rings.